The van der Waals surface area contributed by atoms with E-state index >= 15 is 0 Å². The van der Waals surface area contributed by atoms with Gasteiger partial charge in [0.25, 0.3) is 0 Å². The van der Waals surface area contributed by atoms with Crippen LogP contribution in [-0.2, 0) is 11.2 Å². The Bertz CT molecular complexity index is 494. The Morgan fingerprint density at radius 3 is 2.88 bits per heavy atom. The number of carbonyl (C=O) groups is 1. The molecule has 0 fully saturated rings. The zero-order valence-corrected chi connectivity index (χ0v) is 9.41. The number of hydrogen-bond acceptors (Lipinski definition) is 2. The predicted octanol–water partition coefficient (Wildman–Crippen LogP) is 2.67. The smallest absolute Gasteiger partial charge is 0.303 e. The topological polar surface area (TPSA) is 50.2 Å². The van der Waals surface area contributed by atoms with Gasteiger partial charge < -0.3 is 5.11 Å². The first-order chi connectivity index (χ1) is 7.27. The Kier molecular flexibility index (Phi) is 4.26. The first-order valence-electron chi connectivity index (χ1n) is 4.81. The molecule has 4 heteroatoms. The highest BCUT2D eigenvalue weighted by Crippen LogP contribution is 2.18. The van der Waals surface area contributed by atoms with Crippen LogP contribution in [0.3, 0.4) is 0 Å². The van der Waals surface area contributed by atoms with Crippen molar-refractivity contribution in [2.75, 3.05) is 0 Å². The van der Waals surface area contributed by atoms with Crippen molar-refractivity contribution in [1.82, 2.24) is 4.98 Å². The van der Waals surface area contributed by atoms with Crippen molar-refractivity contribution in [3.05, 3.63) is 42.2 Å². The van der Waals surface area contributed by atoms with E-state index in [4.69, 9.17) is 5.11 Å². The molecule has 1 N–H and O–H groups in total. The second-order valence-electron chi connectivity index (χ2n) is 3.41. The second-order valence-corrected chi connectivity index (χ2v) is 3.41. The number of nitrogens with zero attached hydrogens (tertiary/aromatic N) is 1. The summed E-state index contributed by atoms with van der Waals surface area (Å²) in [6.07, 6.45) is 4.25. The molecule has 2 rings (SSSR count). The van der Waals surface area contributed by atoms with Crippen molar-refractivity contribution < 1.29 is 9.90 Å². The zero-order chi connectivity index (χ0) is 10.7. The van der Waals surface area contributed by atoms with Gasteiger partial charge in [0, 0.05) is 24.2 Å². The van der Waals surface area contributed by atoms with Crippen LogP contribution in [0.1, 0.15) is 12.0 Å². The van der Waals surface area contributed by atoms with Crippen LogP contribution in [-0.4, -0.2) is 16.1 Å². The SMILES string of the molecule is Cl.O=C(O)CCc1cccc2cnccc12. The van der Waals surface area contributed by atoms with Crippen molar-refractivity contribution in [3.63, 3.8) is 0 Å². The standard InChI is InChI=1S/C12H11NO2.ClH/c14-12(15)5-4-9-2-1-3-10-8-13-7-6-11(9)10;/h1-3,6-8H,4-5H2,(H,14,15);1H. The summed E-state index contributed by atoms with van der Waals surface area (Å²) in [6, 6.07) is 7.80. The molecule has 0 unspecified atom stereocenters. The van der Waals surface area contributed by atoms with E-state index in [1.807, 2.05) is 24.3 Å². The molecule has 1 heterocycles. The number of pyridine rings is 1. The maximum absolute atomic E-state index is 10.5. The lowest BCUT2D eigenvalue weighted by atomic mass is 10.0. The quantitative estimate of drug-likeness (QED) is 0.893. The average molecular weight is 238 g/mol. The van der Waals surface area contributed by atoms with Crippen molar-refractivity contribution >= 4 is 29.1 Å². The van der Waals surface area contributed by atoms with E-state index in [1.54, 1.807) is 12.4 Å². The van der Waals surface area contributed by atoms with Crippen LogP contribution in [0.15, 0.2) is 36.7 Å². The van der Waals surface area contributed by atoms with Gasteiger partial charge in [-0.3, -0.25) is 9.78 Å². The number of aromatic nitrogens is 1. The Labute approximate surface area is 99.5 Å². The molecule has 0 bridgehead atoms. The summed E-state index contributed by atoms with van der Waals surface area (Å²) in [4.78, 5) is 14.5. The van der Waals surface area contributed by atoms with Gasteiger partial charge in [0.2, 0.25) is 0 Å². The predicted molar refractivity (Wildman–Crippen MR) is 64.9 cm³/mol. The molecule has 0 radical (unpaired) electrons. The Morgan fingerprint density at radius 2 is 2.12 bits per heavy atom. The molecule has 2 aromatic rings. The van der Waals surface area contributed by atoms with Crippen LogP contribution in [0.25, 0.3) is 10.8 Å². The van der Waals surface area contributed by atoms with E-state index in [0.29, 0.717) is 6.42 Å². The average Bonchev–Trinajstić information content (AvgIpc) is 2.26. The molecule has 0 atom stereocenters. The minimum absolute atomic E-state index is 0. The highest BCUT2D eigenvalue weighted by Gasteiger charge is 2.03. The van der Waals surface area contributed by atoms with E-state index in [9.17, 15) is 4.79 Å². The number of rotatable bonds is 3. The van der Waals surface area contributed by atoms with Crippen LogP contribution < -0.4 is 0 Å². The first-order valence-corrected chi connectivity index (χ1v) is 4.81. The lowest BCUT2D eigenvalue weighted by molar-refractivity contribution is -0.136. The van der Waals surface area contributed by atoms with Gasteiger partial charge in [-0.1, -0.05) is 18.2 Å². The van der Waals surface area contributed by atoms with Gasteiger partial charge in [0.05, 0.1) is 0 Å². The number of carboxylic acids is 1. The first kappa shape index (κ1) is 12.5. The summed E-state index contributed by atoms with van der Waals surface area (Å²) in [7, 11) is 0. The molecule has 1 aromatic heterocycles. The molecule has 0 spiro atoms. The summed E-state index contributed by atoms with van der Waals surface area (Å²) in [5, 5.41) is 10.8. The third-order valence-corrected chi connectivity index (χ3v) is 2.38. The van der Waals surface area contributed by atoms with Gasteiger partial charge in [-0.25, -0.2) is 0 Å². The largest absolute Gasteiger partial charge is 0.481 e. The number of halogens is 1. The Morgan fingerprint density at radius 1 is 1.31 bits per heavy atom. The van der Waals surface area contributed by atoms with E-state index in [2.05, 4.69) is 4.98 Å². The highest BCUT2D eigenvalue weighted by molar-refractivity contribution is 5.85. The van der Waals surface area contributed by atoms with Crippen LogP contribution in [0.4, 0.5) is 0 Å². The highest BCUT2D eigenvalue weighted by atomic mass is 35.5. The fraction of sp³-hybridized carbons (Fsp3) is 0.167. The third-order valence-electron chi connectivity index (χ3n) is 2.38. The van der Waals surface area contributed by atoms with Crippen LogP contribution >= 0.6 is 12.4 Å². The fourth-order valence-corrected chi connectivity index (χ4v) is 1.65. The van der Waals surface area contributed by atoms with Crippen molar-refractivity contribution in [3.8, 4) is 0 Å². The molecule has 0 amide bonds. The number of aryl methyl sites for hydroxylation is 1. The minimum atomic E-state index is -0.763. The summed E-state index contributed by atoms with van der Waals surface area (Å²) in [5.41, 5.74) is 1.07. The van der Waals surface area contributed by atoms with Crippen LogP contribution in [0.2, 0.25) is 0 Å². The third kappa shape index (κ3) is 2.70. The van der Waals surface area contributed by atoms with Crippen molar-refractivity contribution in [1.29, 1.82) is 0 Å². The van der Waals surface area contributed by atoms with Gasteiger partial charge in [-0.2, -0.15) is 0 Å². The lowest BCUT2D eigenvalue weighted by Crippen LogP contribution is -1.97. The molecule has 1 aromatic carbocycles. The summed E-state index contributed by atoms with van der Waals surface area (Å²) in [5.74, 6) is -0.763. The molecule has 0 aliphatic carbocycles. The summed E-state index contributed by atoms with van der Waals surface area (Å²) < 4.78 is 0. The number of aliphatic carboxylic acids is 1. The zero-order valence-electron chi connectivity index (χ0n) is 8.59. The maximum atomic E-state index is 10.5. The fourth-order valence-electron chi connectivity index (χ4n) is 1.65. The van der Waals surface area contributed by atoms with Gasteiger partial charge in [0.1, 0.15) is 0 Å². The monoisotopic (exact) mass is 237 g/mol. The molecule has 16 heavy (non-hydrogen) atoms. The molecular formula is C12H12ClNO2. The van der Waals surface area contributed by atoms with E-state index < -0.39 is 5.97 Å². The van der Waals surface area contributed by atoms with Gasteiger partial charge in [-0.05, 0) is 23.4 Å². The van der Waals surface area contributed by atoms with Crippen molar-refractivity contribution in [2.24, 2.45) is 0 Å². The van der Waals surface area contributed by atoms with Crippen molar-refractivity contribution in [2.45, 2.75) is 12.8 Å². The van der Waals surface area contributed by atoms with E-state index in [1.165, 1.54) is 0 Å². The van der Waals surface area contributed by atoms with E-state index in [-0.39, 0.29) is 18.8 Å². The second kappa shape index (κ2) is 5.47. The Balaban J connectivity index is 0.00000128. The molecule has 0 saturated carbocycles. The molecule has 84 valence electrons. The number of fused-ring (bicyclic) bond motifs is 1. The number of benzene rings is 1. The van der Waals surface area contributed by atoms with Crippen LogP contribution in [0, 0.1) is 0 Å². The maximum Gasteiger partial charge on any atom is 0.303 e. The molecule has 3 nitrogen and oxygen atoms in total. The number of hydrogen-bond donors (Lipinski definition) is 1. The molecule has 0 saturated heterocycles. The lowest BCUT2D eigenvalue weighted by Gasteiger charge is -2.03. The normalized spacial score (nSPS) is 9.75. The molecule has 0 aliphatic rings. The van der Waals surface area contributed by atoms with Gasteiger partial charge >= 0.3 is 5.97 Å². The summed E-state index contributed by atoms with van der Waals surface area (Å²) in [6.45, 7) is 0. The molecular weight excluding hydrogens is 226 g/mol. The number of carboxylic acid groups (broad SMARTS) is 1. The Hall–Kier alpha value is -1.61. The minimum Gasteiger partial charge on any atom is -0.481 e. The van der Waals surface area contributed by atoms with Gasteiger partial charge in [0.15, 0.2) is 0 Å². The van der Waals surface area contributed by atoms with Gasteiger partial charge in [-0.15, -0.1) is 12.4 Å². The van der Waals surface area contributed by atoms with Crippen LogP contribution in [0.5, 0.6) is 0 Å². The molecule has 0 aliphatic heterocycles. The summed E-state index contributed by atoms with van der Waals surface area (Å²) >= 11 is 0. The van der Waals surface area contributed by atoms with E-state index in [0.717, 1.165) is 16.3 Å².